The van der Waals surface area contributed by atoms with Crippen molar-refractivity contribution in [2.24, 2.45) is 23.7 Å². The molecule has 9 heteroatoms. The smallest absolute Gasteiger partial charge is 0.326 e. The Bertz CT molecular complexity index is 848. The van der Waals surface area contributed by atoms with Gasteiger partial charge in [-0.3, -0.25) is 24.1 Å². The average molecular weight is 470 g/mol. The van der Waals surface area contributed by atoms with Crippen LogP contribution in [0.5, 0.6) is 0 Å². The minimum atomic E-state index is -0.786. The fraction of sp³-hybridized carbons (Fsp3) is 0.474. The molecule has 4 rings (SSSR count). The standard InChI is InChI=1S/C19H18BrClN2O5/c20-11-3-4-13(12(21)6-11)22-14(24)8-28-15(25)7-23-18(26)16-9-1-2-10(5-9)17(16)19(23)27/h3-4,6,9-10,16-17H,1-2,5,7-8H2,(H,22,24)/t9-,10-,16+,17+/m0/s1. The number of carbonyl (C=O) groups excluding carboxylic acids is 4. The van der Waals surface area contributed by atoms with Gasteiger partial charge in [0.05, 0.1) is 22.5 Å². The van der Waals surface area contributed by atoms with E-state index in [1.165, 1.54) is 0 Å². The summed E-state index contributed by atoms with van der Waals surface area (Å²) in [4.78, 5) is 50.2. The van der Waals surface area contributed by atoms with Crippen molar-refractivity contribution >= 4 is 56.9 Å². The molecule has 2 saturated carbocycles. The number of esters is 1. The molecule has 2 aliphatic carbocycles. The predicted molar refractivity (Wildman–Crippen MR) is 103 cm³/mol. The number of ether oxygens (including phenoxy) is 1. The van der Waals surface area contributed by atoms with Crippen LogP contribution in [0, 0.1) is 23.7 Å². The lowest BCUT2D eigenvalue weighted by molar-refractivity contribution is -0.154. The number of hydrogen-bond acceptors (Lipinski definition) is 5. The summed E-state index contributed by atoms with van der Waals surface area (Å²) in [5.41, 5.74) is 0.388. The molecule has 1 aliphatic heterocycles. The third-order valence-electron chi connectivity index (χ3n) is 5.88. The number of fused-ring (bicyclic) bond motifs is 5. The van der Waals surface area contributed by atoms with Gasteiger partial charge in [0.2, 0.25) is 11.8 Å². The summed E-state index contributed by atoms with van der Waals surface area (Å²) in [6, 6.07) is 4.95. The number of hydrogen-bond donors (Lipinski definition) is 1. The van der Waals surface area contributed by atoms with E-state index in [9.17, 15) is 19.2 Å². The summed E-state index contributed by atoms with van der Waals surface area (Å²) in [6.07, 6.45) is 2.88. The lowest BCUT2D eigenvalue weighted by atomic mass is 9.81. The van der Waals surface area contributed by atoms with Crippen LogP contribution in [0.1, 0.15) is 19.3 Å². The molecule has 0 radical (unpaired) electrons. The summed E-state index contributed by atoms with van der Waals surface area (Å²) < 4.78 is 5.70. The molecule has 3 fully saturated rings. The van der Waals surface area contributed by atoms with Crippen LogP contribution >= 0.6 is 27.5 Å². The summed E-state index contributed by atoms with van der Waals surface area (Å²) >= 11 is 9.29. The van der Waals surface area contributed by atoms with Crippen LogP contribution in [0.25, 0.3) is 0 Å². The maximum absolute atomic E-state index is 12.6. The number of rotatable bonds is 5. The summed E-state index contributed by atoms with van der Waals surface area (Å²) in [5.74, 6) is -1.93. The van der Waals surface area contributed by atoms with Crippen LogP contribution < -0.4 is 5.32 Å². The van der Waals surface area contributed by atoms with Gasteiger partial charge in [0.1, 0.15) is 6.54 Å². The normalized spacial score (nSPS) is 27.9. The number of nitrogens with one attached hydrogen (secondary N) is 1. The predicted octanol–water partition coefficient (Wildman–Crippen LogP) is 2.62. The largest absolute Gasteiger partial charge is 0.454 e. The highest BCUT2D eigenvalue weighted by Gasteiger charge is 2.61. The molecule has 7 nitrogen and oxygen atoms in total. The second kappa shape index (κ2) is 7.48. The minimum Gasteiger partial charge on any atom is -0.454 e. The first-order valence-corrected chi connectivity index (χ1v) is 10.3. The zero-order chi connectivity index (χ0) is 20.0. The summed E-state index contributed by atoms with van der Waals surface area (Å²) in [6.45, 7) is -0.976. The highest BCUT2D eigenvalue weighted by atomic mass is 79.9. The lowest BCUT2D eigenvalue weighted by Gasteiger charge is -2.19. The van der Waals surface area contributed by atoms with Crippen molar-refractivity contribution in [3.63, 3.8) is 0 Å². The van der Waals surface area contributed by atoms with Gasteiger partial charge in [-0.1, -0.05) is 27.5 Å². The maximum Gasteiger partial charge on any atom is 0.326 e. The molecular weight excluding hydrogens is 452 g/mol. The monoisotopic (exact) mass is 468 g/mol. The first-order chi connectivity index (χ1) is 13.3. The average Bonchev–Trinajstić information content (AvgIpc) is 3.32. The van der Waals surface area contributed by atoms with E-state index in [0.717, 1.165) is 28.6 Å². The van der Waals surface area contributed by atoms with Gasteiger partial charge in [-0.15, -0.1) is 0 Å². The van der Waals surface area contributed by atoms with Gasteiger partial charge in [0.25, 0.3) is 5.91 Å². The highest BCUT2D eigenvalue weighted by molar-refractivity contribution is 9.10. The Morgan fingerprint density at radius 2 is 1.82 bits per heavy atom. The SMILES string of the molecule is O=C(COC(=O)CN1C(=O)[C@@H]2[C@H]3CC[C@@H](C3)[C@H]2C1=O)Nc1ccc(Br)cc1Cl. The molecule has 1 saturated heterocycles. The van der Waals surface area contributed by atoms with Crippen molar-refractivity contribution in [3.05, 3.63) is 27.7 Å². The number of benzene rings is 1. The Morgan fingerprint density at radius 3 is 2.43 bits per heavy atom. The molecule has 1 aromatic carbocycles. The van der Waals surface area contributed by atoms with Crippen molar-refractivity contribution in [2.45, 2.75) is 19.3 Å². The fourth-order valence-electron chi connectivity index (χ4n) is 4.72. The fourth-order valence-corrected chi connectivity index (χ4v) is 5.44. The molecule has 1 N–H and O–H groups in total. The Labute approximate surface area is 174 Å². The summed E-state index contributed by atoms with van der Waals surface area (Å²) in [7, 11) is 0. The molecule has 4 atom stereocenters. The lowest BCUT2D eigenvalue weighted by Crippen LogP contribution is -2.38. The van der Waals surface area contributed by atoms with Gasteiger partial charge in [0, 0.05) is 4.47 Å². The number of anilines is 1. The highest BCUT2D eigenvalue weighted by Crippen LogP contribution is 2.56. The van der Waals surface area contributed by atoms with Crippen LogP contribution in [0.3, 0.4) is 0 Å². The van der Waals surface area contributed by atoms with Gasteiger partial charge >= 0.3 is 5.97 Å². The molecule has 3 aliphatic rings. The van der Waals surface area contributed by atoms with Gasteiger partial charge < -0.3 is 10.1 Å². The number of amides is 3. The van der Waals surface area contributed by atoms with E-state index in [0.29, 0.717) is 10.7 Å². The maximum atomic E-state index is 12.6. The van der Waals surface area contributed by atoms with Crippen molar-refractivity contribution in [1.82, 2.24) is 4.90 Å². The third-order valence-corrected chi connectivity index (χ3v) is 6.68. The molecule has 1 aromatic rings. The number of imide groups is 1. The van der Waals surface area contributed by atoms with Crippen LogP contribution in [0.4, 0.5) is 5.69 Å². The molecule has 0 unspecified atom stereocenters. The van der Waals surface area contributed by atoms with Crippen LogP contribution in [-0.4, -0.2) is 41.7 Å². The van der Waals surface area contributed by atoms with Gasteiger partial charge in [-0.2, -0.15) is 0 Å². The molecular formula is C19H18BrClN2O5. The summed E-state index contributed by atoms with van der Waals surface area (Å²) in [5, 5.41) is 2.88. The van der Waals surface area contributed by atoms with Crippen molar-refractivity contribution < 1.29 is 23.9 Å². The van der Waals surface area contributed by atoms with Gasteiger partial charge in [-0.05, 0) is 49.3 Å². The van der Waals surface area contributed by atoms with E-state index in [2.05, 4.69) is 21.2 Å². The minimum absolute atomic E-state index is 0.258. The van der Waals surface area contributed by atoms with Crippen molar-refractivity contribution in [1.29, 1.82) is 0 Å². The number of likely N-dealkylation sites (tertiary alicyclic amines) is 1. The van der Waals surface area contributed by atoms with Crippen molar-refractivity contribution in [2.75, 3.05) is 18.5 Å². The zero-order valence-electron chi connectivity index (χ0n) is 14.8. The van der Waals surface area contributed by atoms with Gasteiger partial charge in [0.15, 0.2) is 6.61 Å². The quantitative estimate of drug-likeness (QED) is 0.529. The molecule has 148 valence electrons. The molecule has 0 spiro atoms. The van der Waals surface area contributed by atoms with E-state index in [-0.39, 0.29) is 35.5 Å². The van der Waals surface area contributed by atoms with Crippen LogP contribution in [0.2, 0.25) is 5.02 Å². The molecule has 28 heavy (non-hydrogen) atoms. The number of carbonyl (C=O) groups is 4. The molecule has 2 bridgehead atoms. The Morgan fingerprint density at radius 1 is 1.18 bits per heavy atom. The van der Waals surface area contributed by atoms with Gasteiger partial charge in [-0.25, -0.2) is 0 Å². The Balaban J connectivity index is 1.29. The Kier molecular flexibility index (Phi) is 5.18. The van der Waals surface area contributed by atoms with E-state index < -0.39 is 25.0 Å². The van der Waals surface area contributed by atoms with Crippen LogP contribution in [0.15, 0.2) is 22.7 Å². The number of nitrogens with zero attached hydrogens (tertiary/aromatic N) is 1. The Hall–Kier alpha value is -1.93. The second-order valence-electron chi connectivity index (χ2n) is 7.48. The first-order valence-electron chi connectivity index (χ1n) is 9.11. The van der Waals surface area contributed by atoms with E-state index in [1.54, 1.807) is 18.2 Å². The van der Waals surface area contributed by atoms with Crippen LogP contribution in [-0.2, 0) is 23.9 Å². The first kappa shape index (κ1) is 19.4. The number of halogens is 2. The second-order valence-corrected chi connectivity index (χ2v) is 8.80. The van der Waals surface area contributed by atoms with E-state index in [1.807, 2.05) is 0 Å². The molecule has 3 amide bonds. The van der Waals surface area contributed by atoms with E-state index in [4.69, 9.17) is 16.3 Å². The zero-order valence-corrected chi connectivity index (χ0v) is 17.2. The van der Waals surface area contributed by atoms with E-state index >= 15 is 0 Å². The molecule has 1 heterocycles. The third kappa shape index (κ3) is 3.43. The topological polar surface area (TPSA) is 92.8 Å². The van der Waals surface area contributed by atoms with Crippen molar-refractivity contribution in [3.8, 4) is 0 Å². The molecule has 0 aromatic heterocycles.